The van der Waals surface area contributed by atoms with Crippen LogP contribution in [0.5, 0.6) is 0 Å². The summed E-state index contributed by atoms with van der Waals surface area (Å²) >= 11 is 1.78. The number of nitrogens with zero attached hydrogens (tertiary/aromatic N) is 2. The zero-order valence-corrected chi connectivity index (χ0v) is 8.89. The molecule has 0 heterocycles. The van der Waals surface area contributed by atoms with E-state index >= 15 is 0 Å². The lowest BCUT2D eigenvalue weighted by Gasteiger charge is -2.02. The van der Waals surface area contributed by atoms with E-state index in [2.05, 4.69) is 22.9 Å². The van der Waals surface area contributed by atoms with E-state index in [1.807, 2.05) is 0 Å². The molecular weight excluding hydrogens is 188 g/mol. The SMILES string of the molecule is C=[N+]=NCCOCCOCCSC. The highest BCUT2D eigenvalue weighted by Crippen LogP contribution is 1.90. The minimum Gasteiger partial charge on any atom is -0.378 e. The third-order valence-corrected chi connectivity index (χ3v) is 1.81. The summed E-state index contributed by atoms with van der Waals surface area (Å²) in [6.07, 6.45) is 2.06. The number of hydrogen-bond acceptors (Lipinski definition) is 4. The topological polar surface area (TPSA) is 44.9 Å². The maximum atomic E-state index is 5.27. The molecule has 0 N–H and O–H groups in total. The molecule has 0 saturated heterocycles. The molecule has 0 unspecified atom stereocenters. The molecule has 0 bridgehead atoms. The van der Waals surface area contributed by atoms with Crippen LogP contribution in [-0.2, 0) is 9.47 Å². The predicted molar refractivity (Wildman–Crippen MR) is 54.7 cm³/mol. The average molecular weight is 205 g/mol. The van der Waals surface area contributed by atoms with Crippen LogP contribution in [0.2, 0.25) is 0 Å². The molecular formula is C8H17N2O2S+. The normalized spacial score (nSPS) is 9.62. The van der Waals surface area contributed by atoms with Gasteiger partial charge in [-0.15, -0.1) is 0 Å². The second-order valence-electron chi connectivity index (χ2n) is 2.22. The Hall–Kier alpha value is -0.350. The first kappa shape index (κ1) is 12.7. The molecule has 0 aliphatic heterocycles. The van der Waals surface area contributed by atoms with Gasteiger partial charge in [-0.05, 0) is 6.26 Å². The first-order valence-electron chi connectivity index (χ1n) is 4.18. The van der Waals surface area contributed by atoms with Crippen LogP contribution in [0.4, 0.5) is 0 Å². The van der Waals surface area contributed by atoms with Crippen molar-refractivity contribution in [2.45, 2.75) is 0 Å². The fourth-order valence-electron chi connectivity index (χ4n) is 0.640. The van der Waals surface area contributed by atoms with E-state index in [0.29, 0.717) is 26.4 Å². The van der Waals surface area contributed by atoms with Crippen LogP contribution in [0, 0.1) is 0 Å². The van der Waals surface area contributed by atoms with Crippen molar-refractivity contribution in [1.82, 2.24) is 0 Å². The van der Waals surface area contributed by atoms with Gasteiger partial charge in [0.25, 0.3) is 6.72 Å². The molecule has 0 aromatic carbocycles. The van der Waals surface area contributed by atoms with Gasteiger partial charge in [-0.25, -0.2) is 0 Å². The van der Waals surface area contributed by atoms with Gasteiger partial charge in [-0.1, -0.05) is 0 Å². The van der Waals surface area contributed by atoms with Gasteiger partial charge in [0.05, 0.1) is 31.5 Å². The molecule has 76 valence electrons. The summed E-state index contributed by atoms with van der Waals surface area (Å²) in [5.41, 5.74) is 0. The molecule has 13 heavy (non-hydrogen) atoms. The highest BCUT2D eigenvalue weighted by molar-refractivity contribution is 7.98. The van der Waals surface area contributed by atoms with E-state index in [1.165, 1.54) is 0 Å². The Morgan fingerprint density at radius 1 is 1.23 bits per heavy atom. The van der Waals surface area contributed by atoms with E-state index in [0.717, 1.165) is 12.4 Å². The summed E-state index contributed by atoms with van der Waals surface area (Å²) in [6, 6.07) is 0. The Kier molecular flexibility index (Phi) is 11.3. The smallest absolute Gasteiger partial charge is 0.295 e. The van der Waals surface area contributed by atoms with Crippen molar-refractivity contribution in [1.29, 1.82) is 0 Å². The fourth-order valence-corrected chi connectivity index (χ4v) is 0.925. The Morgan fingerprint density at radius 2 is 1.92 bits per heavy atom. The molecule has 0 atom stereocenters. The standard InChI is InChI=1S/C8H17N2O2S/c1-9-10-3-4-11-5-6-12-7-8-13-2/h1,3-8H2,2H3/q+1. The Bertz CT molecular complexity index is 149. The van der Waals surface area contributed by atoms with Gasteiger partial charge >= 0.3 is 0 Å². The second-order valence-corrected chi connectivity index (χ2v) is 3.21. The van der Waals surface area contributed by atoms with Gasteiger partial charge in [0, 0.05) is 10.5 Å². The quantitative estimate of drug-likeness (QED) is 0.241. The molecule has 0 radical (unpaired) electrons. The first-order chi connectivity index (χ1) is 6.41. The Labute approximate surface area is 83.4 Å². The van der Waals surface area contributed by atoms with Crippen LogP contribution >= 0.6 is 11.8 Å². The van der Waals surface area contributed by atoms with Crippen molar-refractivity contribution in [3.05, 3.63) is 0 Å². The van der Waals surface area contributed by atoms with Gasteiger partial charge in [0.2, 0.25) is 0 Å². The number of hydrogen-bond donors (Lipinski definition) is 0. The van der Waals surface area contributed by atoms with Crippen molar-refractivity contribution in [2.75, 3.05) is 45.0 Å². The van der Waals surface area contributed by atoms with Crippen LogP contribution in [0.3, 0.4) is 0 Å². The summed E-state index contributed by atoms with van der Waals surface area (Å²) in [5.74, 6) is 1.04. The maximum Gasteiger partial charge on any atom is 0.295 e. The summed E-state index contributed by atoms with van der Waals surface area (Å²) in [4.78, 5) is 3.35. The van der Waals surface area contributed by atoms with E-state index < -0.39 is 0 Å². The predicted octanol–water partition coefficient (Wildman–Crippen LogP) is 0.744. The van der Waals surface area contributed by atoms with Crippen LogP contribution in [0.15, 0.2) is 5.11 Å². The van der Waals surface area contributed by atoms with Gasteiger partial charge in [0.1, 0.15) is 6.54 Å². The molecule has 0 saturated carbocycles. The molecule has 0 fully saturated rings. The highest BCUT2D eigenvalue weighted by Gasteiger charge is 1.90. The number of ether oxygens (including phenoxy) is 2. The number of rotatable bonds is 9. The molecule has 0 rings (SSSR count). The molecule has 5 heteroatoms. The molecule has 0 amide bonds. The van der Waals surface area contributed by atoms with Crippen molar-refractivity contribution in [3.8, 4) is 0 Å². The molecule has 0 aliphatic rings. The summed E-state index contributed by atoms with van der Waals surface area (Å²) in [6.45, 7) is 6.47. The lowest BCUT2D eigenvalue weighted by molar-refractivity contribution is -0.0824. The van der Waals surface area contributed by atoms with Crippen molar-refractivity contribution in [2.24, 2.45) is 5.11 Å². The van der Waals surface area contributed by atoms with Crippen LogP contribution < -0.4 is 0 Å². The van der Waals surface area contributed by atoms with Crippen molar-refractivity contribution < 1.29 is 14.3 Å². The summed E-state index contributed by atoms with van der Waals surface area (Å²) in [5, 5.41) is 3.66. The third kappa shape index (κ3) is 11.7. The highest BCUT2D eigenvalue weighted by atomic mass is 32.2. The molecule has 0 aromatic rings. The largest absolute Gasteiger partial charge is 0.378 e. The van der Waals surface area contributed by atoms with Crippen LogP contribution in [0.1, 0.15) is 0 Å². The zero-order valence-electron chi connectivity index (χ0n) is 8.07. The Morgan fingerprint density at radius 3 is 2.54 bits per heavy atom. The zero-order chi connectivity index (χ0) is 9.78. The van der Waals surface area contributed by atoms with Crippen molar-refractivity contribution >= 4 is 18.5 Å². The second kappa shape index (κ2) is 11.6. The van der Waals surface area contributed by atoms with E-state index in [4.69, 9.17) is 9.47 Å². The minimum absolute atomic E-state index is 0.578. The van der Waals surface area contributed by atoms with E-state index in [9.17, 15) is 0 Å². The first-order valence-corrected chi connectivity index (χ1v) is 5.58. The lowest BCUT2D eigenvalue weighted by atomic mass is 10.7. The molecule has 0 aliphatic carbocycles. The summed E-state index contributed by atoms with van der Waals surface area (Å²) in [7, 11) is 0. The van der Waals surface area contributed by atoms with E-state index in [-0.39, 0.29) is 0 Å². The van der Waals surface area contributed by atoms with Gasteiger partial charge in [-0.2, -0.15) is 11.8 Å². The lowest BCUT2D eigenvalue weighted by Crippen LogP contribution is -2.08. The monoisotopic (exact) mass is 205 g/mol. The van der Waals surface area contributed by atoms with Gasteiger partial charge in [-0.3, -0.25) is 0 Å². The van der Waals surface area contributed by atoms with Gasteiger partial charge < -0.3 is 9.47 Å². The summed E-state index contributed by atoms with van der Waals surface area (Å²) < 4.78 is 10.5. The molecule has 4 nitrogen and oxygen atoms in total. The van der Waals surface area contributed by atoms with Gasteiger partial charge in [0.15, 0.2) is 0 Å². The van der Waals surface area contributed by atoms with E-state index in [1.54, 1.807) is 11.8 Å². The average Bonchev–Trinajstić information content (AvgIpc) is 2.16. The molecule has 0 spiro atoms. The van der Waals surface area contributed by atoms with Crippen LogP contribution in [-0.4, -0.2) is 56.5 Å². The van der Waals surface area contributed by atoms with Crippen LogP contribution in [0.25, 0.3) is 0 Å². The maximum absolute atomic E-state index is 5.27. The molecule has 0 aromatic heterocycles. The third-order valence-electron chi connectivity index (χ3n) is 1.24. The Balaban J connectivity index is 2.87. The van der Waals surface area contributed by atoms with Crippen molar-refractivity contribution in [3.63, 3.8) is 0 Å². The minimum atomic E-state index is 0.578. The fraction of sp³-hybridized carbons (Fsp3) is 0.875. The number of thioether (sulfide) groups is 1.